The second-order valence-corrected chi connectivity index (χ2v) is 7.25. The number of amides is 1. The topological polar surface area (TPSA) is 94.8 Å². The molecule has 1 unspecified atom stereocenters. The predicted octanol–water partition coefficient (Wildman–Crippen LogP) is 3.05. The first-order valence-corrected chi connectivity index (χ1v) is 9.04. The highest BCUT2D eigenvalue weighted by molar-refractivity contribution is 7.17. The normalized spacial score (nSPS) is 15.8. The summed E-state index contributed by atoms with van der Waals surface area (Å²) in [6.07, 6.45) is 3.98. The number of carbonyl (C=O) groups is 3. The minimum Gasteiger partial charge on any atom is -0.465 e. The van der Waals surface area contributed by atoms with Crippen LogP contribution < -0.4 is 5.32 Å². The summed E-state index contributed by atoms with van der Waals surface area (Å²) < 4.78 is 14.7. The lowest BCUT2D eigenvalue weighted by Gasteiger charge is -2.18. The number of anilines is 1. The van der Waals surface area contributed by atoms with Gasteiger partial charge in [-0.15, -0.1) is 11.3 Å². The van der Waals surface area contributed by atoms with Gasteiger partial charge in [-0.3, -0.25) is 4.79 Å². The Kier molecular flexibility index (Phi) is 5.41. The number of thiophene rings is 1. The molecule has 1 aliphatic carbocycles. The third kappa shape index (κ3) is 3.80. The van der Waals surface area contributed by atoms with Crippen LogP contribution in [-0.2, 0) is 27.1 Å². The zero-order chi connectivity index (χ0) is 18.7. The van der Waals surface area contributed by atoms with Crippen molar-refractivity contribution in [2.75, 3.05) is 19.0 Å². The molecule has 8 heteroatoms. The van der Waals surface area contributed by atoms with Crippen molar-refractivity contribution in [1.82, 2.24) is 0 Å². The number of esters is 2. The average Bonchev–Trinajstić information content (AvgIpc) is 3.26. The van der Waals surface area contributed by atoms with E-state index in [2.05, 4.69) is 12.2 Å². The van der Waals surface area contributed by atoms with E-state index >= 15 is 0 Å². The van der Waals surface area contributed by atoms with Crippen molar-refractivity contribution >= 4 is 34.2 Å². The number of hydrogen-bond donors (Lipinski definition) is 1. The second kappa shape index (κ2) is 7.74. The molecule has 1 N–H and O–H groups in total. The van der Waals surface area contributed by atoms with Gasteiger partial charge >= 0.3 is 11.9 Å². The molecule has 1 aliphatic rings. The van der Waals surface area contributed by atoms with Gasteiger partial charge in [0.2, 0.25) is 5.76 Å². The molecule has 3 rings (SSSR count). The van der Waals surface area contributed by atoms with Gasteiger partial charge in [0.05, 0.1) is 18.9 Å². The molecule has 0 fully saturated rings. The van der Waals surface area contributed by atoms with Gasteiger partial charge in [-0.2, -0.15) is 0 Å². The van der Waals surface area contributed by atoms with Gasteiger partial charge in [0.15, 0.2) is 6.61 Å². The number of furan rings is 1. The molecular formula is C18H19NO6S. The SMILES string of the molecule is COC(=O)c1c(NC(=O)COC(=O)c2ccco2)sc2c1CCC(C)C2. The maximum atomic E-state index is 12.2. The Labute approximate surface area is 154 Å². The van der Waals surface area contributed by atoms with Crippen LogP contribution >= 0.6 is 11.3 Å². The van der Waals surface area contributed by atoms with Gasteiger partial charge in [-0.25, -0.2) is 9.59 Å². The Morgan fingerprint density at radius 3 is 2.85 bits per heavy atom. The van der Waals surface area contributed by atoms with Crippen LogP contribution in [0.25, 0.3) is 0 Å². The van der Waals surface area contributed by atoms with Crippen molar-refractivity contribution in [1.29, 1.82) is 0 Å². The summed E-state index contributed by atoms with van der Waals surface area (Å²) in [6.45, 7) is 1.69. The van der Waals surface area contributed by atoms with Gasteiger partial charge in [-0.05, 0) is 42.9 Å². The molecule has 0 spiro atoms. The van der Waals surface area contributed by atoms with Gasteiger partial charge < -0.3 is 19.2 Å². The molecule has 26 heavy (non-hydrogen) atoms. The summed E-state index contributed by atoms with van der Waals surface area (Å²) in [5, 5.41) is 3.11. The van der Waals surface area contributed by atoms with Crippen LogP contribution in [0.2, 0.25) is 0 Å². The first-order valence-electron chi connectivity index (χ1n) is 8.23. The molecule has 0 saturated carbocycles. The molecule has 1 amide bonds. The first-order chi connectivity index (χ1) is 12.5. The fourth-order valence-electron chi connectivity index (χ4n) is 2.92. The van der Waals surface area contributed by atoms with E-state index in [1.54, 1.807) is 6.07 Å². The van der Waals surface area contributed by atoms with E-state index in [0.29, 0.717) is 16.5 Å². The van der Waals surface area contributed by atoms with Gasteiger partial charge in [0, 0.05) is 4.88 Å². The molecule has 2 aromatic rings. The van der Waals surface area contributed by atoms with Crippen LogP contribution in [0.3, 0.4) is 0 Å². The largest absolute Gasteiger partial charge is 0.465 e. The Morgan fingerprint density at radius 1 is 1.35 bits per heavy atom. The molecule has 0 radical (unpaired) electrons. The van der Waals surface area contributed by atoms with Crippen LogP contribution in [0, 0.1) is 5.92 Å². The van der Waals surface area contributed by atoms with E-state index < -0.39 is 24.5 Å². The Hall–Kier alpha value is -2.61. The first kappa shape index (κ1) is 18.2. The summed E-state index contributed by atoms with van der Waals surface area (Å²) in [5.74, 6) is -1.17. The highest BCUT2D eigenvalue weighted by atomic mass is 32.1. The summed E-state index contributed by atoms with van der Waals surface area (Å²) in [4.78, 5) is 37.2. The average molecular weight is 377 g/mol. The fraction of sp³-hybridized carbons (Fsp3) is 0.389. The van der Waals surface area contributed by atoms with Crippen LogP contribution in [0.15, 0.2) is 22.8 Å². The molecule has 138 valence electrons. The van der Waals surface area contributed by atoms with Gasteiger partial charge in [0.25, 0.3) is 5.91 Å². The number of methoxy groups -OCH3 is 1. The number of hydrogen-bond acceptors (Lipinski definition) is 7. The van der Waals surface area contributed by atoms with E-state index in [9.17, 15) is 14.4 Å². The minimum absolute atomic E-state index is 0.0219. The standard InChI is InChI=1S/C18H19NO6S/c1-10-5-6-11-13(8-10)26-16(15(11)18(22)23-2)19-14(20)9-25-17(21)12-4-3-7-24-12/h3-4,7,10H,5-6,8-9H2,1-2H3,(H,19,20). The summed E-state index contributed by atoms with van der Waals surface area (Å²) in [5.41, 5.74) is 1.35. The van der Waals surface area contributed by atoms with Crippen molar-refractivity contribution < 1.29 is 28.3 Å². The fourth-order valence-corrected chi connectivity index (χ4v) is 4.33. The van der Waals surface area contributed by atoms with Crippen LogP contribution in [0.5, 0.6) is 0 Å². The van der Waals surface area contributed by atoms with Crippen molar-refractivity contribution in [3.63, 3.8) is 0 Å². The second-order valence-electron chi connectivity index (χ2n) is 6.15. The summed E-state index contributed by atoms with van der Waals surface area (Å²) in [6, 6.07) is 3.00. The number of ether oxygens (including phenoxy) is 2. The van der Waals surface area contributed by atoms with E-state index in [1.165, 1.54) is 30.8 Å². The molecule has 2 heterocycles. The van der Waals surface area contributed by atoms with E-state index in [-0.39, 0.29) is 5.76 Å². The number of carbonyl (C=O) groups excluding carboxylic acids is 3. The zero-order valence-electron chi connectivity index (χ0n) is 14.5. The molecular weight excluding hydrogens is 358 g/mol. The number of fused-ring (bicyclic) bond motifs is 1. The van der Waals surface area contributed by atoms with Crippen molar-refractivity contribution in [3.05, 3.63) is 40.2 Å². The highest BCUT2D eigenvalue weighted by Gasteiger charge is 2.29. The third-order valence-corrected chi connectivity index (χ3v) is 5.38. The van der Waals surface area contributed by atoms with E-state index in [1.807, 2.05) is 0 Å². The van der Waals surface area contributed by atoms with E-state index in [4.69, 9.17) is 13.9 Å². The Bertz CT molecular complexity index is 823. The van der Waals surface area contributed by atoms with Crippen molar-refractivity contribution in [2.24, 2.45) is 5.92 Å². The van der Waals surface area contributed by atoms with Crippen molar-refractivity contribution in [2.45, 2.75) is 26.2 Å². The van der Waals surface area contributed by atoms with Crippen LogP contribution in [0.1, 0.15) is 44.7 Å². The molecule has 0 bridgehead atoms. The molecule has 0 aliphatic heterocycles. The molecule has 2 aromatic heterocycles. The predicted molar refractivity (Wildman–Crippen MR) is 94.5 cm³/mol. The lowest BCUT2D eigenvalue weighted by molar-refractivity contribution is -0.119. The number of nitrogens with one attached hydrogen (secondary N) is 1. The minimum atomic E-state index is -0.724. The van der Waals surface area contributed by atoms with Crippen LogP contribution in [-0.4, -0.2) is 31.6 Å². The summed E-state index contributed by atoms with van der Waals surface area (Å²) in [7, 11) is 1.31. The molecule has 1 atom stereocenters. The highest BCUT2D eigenvalue weighted by Crippen LogP contribution is 2.39. The number of rotatable bonds is 5. The van der Waals surface area contributed by atoms with Crippen LogP contribution in [0.4, 0.5) is 5.00 Å². The van der Waals surface area contributed by atoms with E-state index in [0.717, 1.165) is 29.7 Å². The van der Waals surface area contributed by atoms with Gasteiger partial charge in [-0.1, -0.05) is 6.92 Å². The smallest absolute Gasteiger partial charge is 0.374 e. The van der Waals surface area contributed by atoms with Crippen molar-refractivity contribution in [3.8, 4) is 0 Å². The summed E-state index contributed by atoms with van der Waals surface area (Å²) >= 11 is 1.38. The Morgan fingerprint density at radius 2 is 2.15 bits per heavy atom. The Balaban J connectivity index is 1.71. The molecule has 0 saturated heterocycles. The van der Waals surface area contributed by atoms with Gasteiger partial charge in [0.1, 0.15) is 5.00 Å². The quantitative estimate of drug-likeness (QED) is 0.805. The lowest BCUT2D eigenvalue weighted by atomic mass is 9.88. The maximum absolute atomic E-state index is 12.2. The molecule has 7 nitrogen and oxygen atoms in total. The third-order valence-electron chi connectivity index (χ3n) is 4.21. The maximum Gasteiger partial charge on any atom is 0.374 e. The lowest BCUT2D eigenvalue weighted by Crippen LogP contribution is -2.21. The molecule has 0 aromatic carbocycles. The monoisotopic (exact) mass is 377 g/mol. The zero-order valence-corrected chi connectivity index (χ0v) is 15.3.